The van der Waals surface area contributed by atoms with Crippen molar-refractivity contribution in [3.63, 3.8) is 0 Å². The van der Waals surface area contributed by atoms with E-state index in [9.17, 15) is 18.9 Å². The molecule has 7 heterocycles. The number of carbonyl (C=O) groups excluding carboxylic acids is 2. The van der Waals surface area contributed by atoms with Crippen molar-refractivity contribution in [3.8, 4) is 5.75 Å². The molecular weight excluding hydrogens is 998 g/mol. The summed E-state index contributed by atoms with van der Waals surface area (Å²) in [5.74, 6) is 0.834. The molecule has 4 aliphatic rings. The van der Waals surface area contributed by atoms with E-state index < -0.39 is 24.8 Å². The molecule has 0 spiro atoms. The quantitative estimate of drug-likeness (QED) is 0.0663. The molecule has 4 aliphatic heterocycles. The number of nitrogens with zero attached hydrogens (tertiary/aromatic N) is 8. The molecule has 3 N–H and O–H groups in total. The number of pyridine rings is 1. The molecule has 0 radical (unpaired) electrons. The number of ether oxygens (including phenoxy) is 1. The first-order valence-corrected chi connectivity index (χ1v) is 29.0. The lowest BCUT2D eigenvalue weighted by Crippen LogP contribution is -2.54. The first-order chi connectivity index (χ1) is 34.8. The highest BCUT2D eigenvalue weighted by Crippen LogP contribution is 2.43. The van der Waals surface area contributed by atoms with Gasteiger partial charge in [0.15, 0.2) is 5.58 Å². The Hall–Kier alpha value is -5.81. The van der Waals surface area contributed by atoms with E-state index in [1.54, 1.807) is 19.5 Å². The Balaban J connectivity index is 0.749. The van der Waals surface area contributed by atoms with Crippen LogP contribution in [0.2, 0.25) is 0 Å². The van der Waals surface area contributed by atoms with Gasteiger partial charge in [-0.05, 0) is 123 Å². The van der Waals surface area contributed by atoms with Gasteiger partial charge < -0.3 is 39.1 Å². The van der Waals surface area contributed by atoms with Crippen LogP contribution in [0, 0.1) is 5.92 Å². The monoisotopic (exact) mass is 1060 g/mol. The van der Waals surface area contributed by atoms with Crippen LogP contribution in [0.15, 0.2) is 74.5 Å². The normalized spacial score (nSPS) is 19.6. The van der Waals surface area contributed by atoms with Crippen LogP contribution in [0.1, 0.15) is 70.2 Å². The topological polar surface area (TPSA) is 183 Å². The summed E-state index contributed by atoms with van der Waals surface area (Å²) in [7, 11) is -2.74. The summed E-state index contributed by atoms with van der Waals surface area (Å²) in [5.41, 5.74) is 7.72. The van der Waals surface area contributed by atoms with Gasteiger partial charge in [-0.15, -0.1) is 0 Å². The number of oxazole rings is 1. The maximum atomic E-state index is 13.8. The SMILES string of the molecule is CCOc1cc(N2CCC(N3CCN(CC4CCN(c5cccc6c5oc(=O)n6C5CCC(=O)NC5=O)C4)CC3)CC2)c(CC)cc1Nc1ncc(Br)c(Nc2ccc3nc(CC)ccc3c2P(C)(C)=O)n1. The van der Waals surface area contributed by atoms with E-state index in [1.807, 2.05) is 49.4 Å². The van der Waals surface area contributed by atoms with Gasteiger partial charge in [0.1, 0.15) is 24.8 Å². The zero-order valence-electron chi connectivity index (χ0n) is 41.9. The van der Waals surface area contributed by atoms with Gasteiger partial charge in [-0.2, -0.15) is 4.98 Å². The van der Waals surface area contributed by atoms with Crippen LogP contribution in [0.5, 0.6) is 5.75 Å². The molecule has 2 unspecified atom stereocenters. The highest BCUT2D eigenvalue weighted by Gasteiger charge is 2.35. The lowest BCUT2D eigenvalue weighted by molar-refractivity contribution is -0.135. The fourth-order valence-electron chi connectivity index (χ4n) is 11.3. The van der Waals surface area contributed by atoms with Crippen LogP contribution >= 0.6 is 23.1 Å². The first-order valence-electron chi connectivity index (χ1n) is 25.6. The molecule has 10 rings (SSSR count). The molecule has 6 aromatic rings. The van der Waals surface area contributed by atoms with E-state index >= 15 is 0 Å². The second-order valence-electron chi connectivity index (χ2n) is 19.9. The fraction of sp³-hybridized carbons (Fsp3) is 0.472. The standard InChI is InChI=1S/C53H65BrN11O6P/c1-6-34-28-41(58-52-55-30-38(54)50(60-52)57-40-15-14-39-37(49(40)72(4,5)69)13-12-35(7-2)56-39)46(70-8-3)29-45(34)63-22-19-36(20-23-63)62-26-24-61(25-27-62)31-33-18-21-64(32-33)42-10-9-11-43-48(42)71-53(68)65(43)44-16-17-47(66)59-51(44)67/h9-15,28-30,33,36,44H,6-8,16-27,31-32H2,1-5H3,(H,59,66,67)(H2,55,57,58,60). The third-order valence-electron chi connectivity index (χ3n) is 14.9. The summed E-state index contributed by atoms with van der Waals surface area (Å²) >= 11 is 3.65. The van der Waals surface area contributed by atoms with Gasteiger partial charge in [-0.25, -0.2) is 9.78 Å². The average molecular weight is 1060 g/mol. The molecule has 4 saturated heterocycles. The summed E-state index contributed by atoms with van der Waals surface area (Å²) in [4.78, 5) is 62.0. The maximum Gasteiger partial charge on any atom is 0.420 e. The van der Waals surface area contributed by atoms with E-state index in [4.69, 9.17) is 19.1 Å². The number of halogens is 1. The van der Waals surface area contributed by atoms with Crippen LogP contribution < -0.4 is 41.5 Å². The molecule has 72 heavy (non-hydrogen) atoms. The Morgan fingerprint density at radius 3 is 2.38 bits per heavy atom. The largest absolute Gasteiger partial charge is 0.492 e. The smallest absolute Gasteiger partial charge is 0.420 e. The Kier molecular flexibility index (Phi) is 14.5. The lowest BCUT2D eigenvalue weighted by atomic mass is 9.99. The van der Waals surface area contributed by atoms with Crippen LogP contribution in [-0.2, 0) is 27.0 Å². The lowest BCUT2D eigenvalue weighted by Gasteiger charge is -2.44. The van der Waals surface area contributed by atoms with Gasteiger partial charge in [0.05, 0.1) is 39.2 Å². The van der Waals surface area contributed by atoms with Crippen molar-refractivity contribution in [3.05, 3.63) is 87.1 Å². The third kappa shape index (κ3) is 10.2. The molecule has 2 amide bonds. The molecule has 0 saturated carbocycles. The summed E-state index contributed by atoms with van der Waals surface area (Å²) in [6, 6.07) is 17.8. The number of carbonyl (C=O) groups is 2. The molecule has 3 aromatic heterocycles. The minimum Gasteiger partial charge on any atom is -0.492 e. The molecular formula is C53H65BrN11O6P. The van der Waals surface area contributed by atoms with E-state index in [-0.39, 0.29) is 18.7 Å². The van der Waals surface area contributed by atoms with Gasteiger partial charge in [0.2, 0.25) is 17.8 Å². The van der Waals surface area contributed by atoms with E-state index in [0.717, 1.165) is 130 Å². The van der Waals surface area contributed by atoms with Crippen molar-refractivity contribution in [2.45, 2.75) is 77.8 Å². The minimum atomic E-state index is -2.74. The number of piperidine rings is 2. The molecule has 0 aliphatic carbocycles. The second kappa shape index (κ2) is 21.0. The Morgan fingerprint density at radius 1 is 0.847 bits per heavy atom. The van der Waals surface area contributed by atoms with Crippen molar-refractivity contribution in [1.82, 2.24) is 34.6 Å². The number of hydrogen-bond acceptors (Lipinski definition) is 15. The number of piperazine rings is 1. The van der Waals surface area contributed by atoms with Crippen molar-refractivity contribution >= 4 is 96.7 Å². The van der Waals surface area contributed by atoms with Crippen LogP contribution in [0.3, 0.4) is 0 Å². The van der Waals surface area contributed by atoms with Gasteiger partial charge >= 0.3 is 5.76 Å². The minimum absolute atomic E-state index is 0.189. The maximum absolute atomic E-state index is 13.8. The van der Waals surface area contributed by atoms with Crippen molar-refractivity contribution < 1.29 is 23.3 Å². The van der Waals surface area contributed by atoms with E-state index in [1.165, 1.54) is 15.8 Å². The van der Waals surface area contributed by atoms with Crippen molar-refractivity contribution in [1.29, 1.82) is 0 Å². The first kappa shape index (κ1) is 49.8. The Morgan fingerprint density at radius 2 is 1.64 bits per heavy atom. The van der Waals surface area contributed by atoms with Gasteiger partial charge in [-0.3, -0.25) is 29.4 Å². The van der Waals surface area contributed by atoms with E-state index in [0.29, 0.717) is 51.6 Å². The molecule has 19 heteroatoms. The van der Waals surface area contributed by atoms with Crippen LogP contribution in [0.4, 0.5) is 34.5 Å². The summed E-state index contributed by atoms with van der Waals surface area (Å²) in [6.45, 7) is 19.3. The predicted octanol–water partition coefficient (Wildman–Crippen LogP) is 8.04. The number of rotatable bonds is 15. The Bertz CT molecular complexity index is 3120. The number of para-hydroxylation sites is 1. The number of fused-ring (bicyclic) bond motifs is 2. The molecule has 0 bridgehead atoms. The highest BCUT2D eigenvalue weighted by atomic mass is 79.9. The van der Waals surface area contributed by atoms with Crippen LogP contribution in [-0.4, -0.2) is 126 Å². The number of benzene rings is 3. The van der Waals surface area contributed by atoms with E-state index in [2.05, 4.69) is 82.4 Å². The second-order valence-corrected chi connectivity index (χ2v) is 23.9. The number of anilines is 6. The number of nitrogens with one attached hydrogen (secondary N) is 3. The highest BCUT2D eigenvalue weighted by molar-refractivity contribution is 9.10. The zero-order valence-corrected chi connectivity index (χ0v) is 44.4. The molecule has 3 aromatic carbocycles. The fourth-order valence-corrected chi connectivity index (χ4v) is 13.1. The summed E-state index contributed by atoms with van der Waals surface area (Å²) < 4.78 is 28.0. The number of aryl methyl sites for hydroxylation is 2. The molecule has 4 fully saturated rings. The molecule has 380 valence electrons. The number of amides is 2. The molecule has 17 nitrogen and oxygen atoms in total. The summed E-state index contributed by atoms with van der Waals surface area (Å²) in [5, 5.41) is 10.9. The molecule has 2 atom stereocenters. The summed E-state index contributed by atoms with van der Waals surface area (Å²) in [6.07, 6.45) is 7.11. The van der Waals surface area contributed by atoms with Crippen molar-refractivity contribution in [2.24, 2.45) is 5.92 Å². The van der Waals surface area contributed by atoms with Gasteiger partial charge in [-0.1, -0.05) is 26.0 Å². The Labute approximate surface area is 428 Å². The van der Waals surface area contributed by atoms with Crippen LogP contribution in [0.25, 0.3) is 22.0 Å². The third-order valence-corrected chi connectivity index (χ3v) is 17.1. The van der Waals surface area contributed by atoms with Gasteiger partial charge in [0.25, 0.3) is 0 Å². The zero-order chi connectivity index (χ0) is 50.3. The van der Waals surface area contributed by atoms with Crippen molar-refractivity contribution in [2.75, 3.05) is 99.3 Å². The number of hydrogen-bond donors (Lipinski definition) is 3. The predicted molar refractivity (Wildman–Crippen MR) is 289 cm³/mol. The average Bonchev–Trinajstić information content (AvgIpc) is 3.98. The number of imide groups is 1. The number of aromatic nitrogens is 4. The van der Waals surface area contributed by atoms with Gasteiger partial charge in [0, 0.05) is 106 Å².